The van der Waals surface area contributed by atoms with Crippen LogP contribution in [-0.2, 0) is 22.6 Å². The molecular weight excluding hydrogens is 312 g/mol. The fourth-order valence-electron chi connectivity index (χ4n) is 3.30. The molecule has 0 saturated heterocycles. The average molecular weight is 336 g/mol. The van der Waals surface area contributed by atoms with Gasteiger partial charge in [-0.15, -0.1) is 0 Å². The molecule has 2 aromatic carbocycles. The smallest absolute Gasteiger partial charge is 0.254 e. The highest BCUT2D eigenvalue weighted by molar-refractivity contribution is 6.06. The minimum Gasteiger partial charge on any atom is -0.341 e. The minimum atomic E-state index is -0.585. The van der Waals surface area contributed by atoms with Crippen LogP contribution < -0.4 is 10.2 Å². The van der Waals surface area contributed by atoms with Crippen molar-refractivity contribution in [3.8, 4) is 0 Å². The molecule has 2 aromatic rings. The Balaban J connectivity index is 1.94. The summed E-state index contributed by atoms with van der Waals surface area (Å²) in [6.45, 7) is 4.13. The molecule has 3 rings (SSSR count). The van der Waals surface area contributed by atoms with Crippen LogP contribution in [0.5, 0.6) is 0 Å². The van der Waals surface area contributed by atoms with Crippen LogP contribution in [0, 0.1) is 0 Å². The van der Waals surface area contributed by atoms with E-state index >= 15 is 0 Å². The summed E-state index contributed by atoms with van der Waals surface area (Å²) in [6.07, 6.45) is 3.24. The number of carbonyl (C=O) groups is 2. The van der Waals surface area contributed by atoms with Crippen molar-refractivity contribution < 1.29 is 9.59 Å². The third-order valence-electron chi connectivity index (χ3n) is 4.56. The normalized spacial score (nSPS) is 16.0. The monoisotopic (exact) mass is 336 g/mol. The van der Waals surface area contributed by atoms with Gasteiger partial charge in [0.1, 0.15) is 6.04 Å². The summed E-state index contributed by atoms with van der Waals surface area (Å²) in [4.78, 5) is 26.3. The first kappa shape index (κ1) is 17.2. The lowest BCUT2D eigenvalue weighted by molar-refractivity contribution is -0.126. The predicted octanol–water partition coefficient (Wildman–Crippen LogP) is 3.75. The third kappa shape index (κ3) is 3.73. The molecule has 0 fully saturated rings. The molecule has 1 heterocycles. The number of anilines is 1. The minimum absolute atomic E-state index is 0.0679. The van der Waals surface area contributed by atoms with Crippen LogP contribution in [0.3, 0.4) is 0 Å². The summed E-state index contributed by atoms with van der Waals surface area (Å²) in [5.41, 5.74) is 4.09. The highest BCUT2D eigenvalue weighted by atomic mass is 16.2. The molecule has 1 atom stereocenters. The Morgan fingerprint density at radius 1 is 1.12 bits per heavy atom. The Bertz CT molecular complexity index is 771. The summed E-state index contributed by atoms with van der Waals surface area (Å²) in [5, 5.41) is 2.82. The highest BCUT2D eigenvalue weighted by Crippen LogP contribution is 2.37. The maximum absolute atomic E-state index is 12.9. The SMILES string of the molecule is CCCCc1ccc2c(c1)[C@H](NC(C)=O)C(=O)N2Cc1ccccc1. The lowest BCUT2D eigenvalue weighted by Crippen LogP contribution is -2.36. The molecule has 1 aliphatic heterocycles. The Kier molecular flexibility index (Phi) is 5.17. The topological polar surface area (TPSA) is 49.4 Å². The van der Waals surface area contributed by atoms with Gasteiger partial charge in [-0.1, -0.05) is 55.8 Å². The van der Waals surface area contributed by atoms with Gasteiger partial charge in [-0.2, -0.15) is 0 Å². The number of aryl methyl sites for hydroxylation is 1. The number of rotatable bonds is 6. The lowest BCUT2D eigenvalue weighted by Gasteiger charge is -2.18. The maximum Gasteiger partial charge on any atom is 0.254 e. The molecule has 2 amide bonds. The molecule has 4 nitrogen and oxygen atoms in total. The molecule has 1 aliphatic rings. The Morgan fingerprint density at radius 2 is 1.88 bits per heavy atom. The Labute approximate surface area is 148 Å². The molecule has 0 unspecified atom stereocenters. The van der Waals surface area contributed by atoms with E-state index in [1.807, 2.05) is 36.4 Å². The fourth-order valence-corrected chi connectivity index (χ4v) is 3.30. The van der Waals surface area contributed by atoms with Crippen LogP contribution in [0.25, 0.3) is 0 Å². The van der Waals surface area contributed by atoms with Crippen LogP contribution in [0.15, 0.2) is 48.5 Å². The van der Waals surface area contributed by atoms with Gasteiger partial charge in [-0.3, -0.25) is 9.59 Å². The second-order valence-electron chi connectivity index (χ2n) is 6.54. The van der Waals surface area contributed by atoms with Gasteiger partial charge in [-0.05, 0) is 30.0 Å². The average Bonchev–Trinajstić information content (AvgIpc) is 2.86. The first-order valence-corrected chi connectivity index (χ1v) is 8.85. The van der Waals surface area contributed by atoms with Gasteiger partial charge in [0.15, 0.2) is 0 Å². The number of fused-ring (bicyclic) bond motifs is 1. The van der Waals surface area contributed by atoms with Crippen molar-refractivity contribution in [1.29, 1.82) is 0 Å². The van der Waals surface area contributed by atoms with Crippen LogP contribution >= 0.6 is 0 Å². The van der Waals surface area contributed by atoms with Gasteiger partial charge >= 0.3 is 0 Å². The van der Waals surface area contributed by atoms with Crippen LogP contribution in [0.2, 0.25) is 0 Å². The summed E-state index contributed by atoms with van der Waals surface area (Å²) < 4.78 is 0. The van der Waals surface area contributed by atoms with E-state index in [2.05, 4.69) is 24.4 Å². The van der Waals surface area contributed by atoms with Crippen LogP contribution in [-0.4, -0.2) is 11.8 Å². The molecule has 130 valence electrons. The van der Waals surface area contributed by atoms with Crippen molar-refractivity contribution in [2.75, 3.05) is 4.90 Å². The molecule has 0 aliphatic carbocycles. The summed E-state index contributed by atoms with van der Waals surface area (Å²) in [5.74, 6) is -0.258. The zero-order chi connectivity index (χ0) is 17.8. The van der Waals surface area contributed by atoms with E-state index in [9.17, 15) is 9.59 Å². The zero-order valence-electron chi connectivity index (χ0n) is 14.8. The van der Waals surface area contributed by atoms with Gasteiger partial charge in [-0.25, -0.2) is 0 Å². The molecule has 0 spiro atoms. The van der Waals surface area contributed by atoms with E-state index < -0.39 is 6.04 Å². The number of hydrogen-bond acceptors (Lipinski definition) is 2. The van der Waals surface area contributed by atoms with Crippen LogP contribution in [0.4, 0.5) is 5.69 Å². The molecule has 25 heavy (non-hydrogen) atoms. The first-order valence-electron chi connectivity index (χ1n) is 8.85. The fraction of sp³-hybridized carbons (Fsp3) is 0.333. The third-order valence-corrected chi connectivity index (χ3v) is 4.56. The molecular formula is C21H24N2O2. The second-order valence-corrected chi connectivity index (χ2v) is 6.54. The van der Waals surface area contributed by atoms with Crippen molar-refractivity contribution in [2.45, 2.75) is 45.7 Å². The van der Waals surface area contributed by atoms with E-state index in [1.165, 1.54) is 12.5 Å². The summed E-state index contributed by atoms with van der Waals surface area (Å²) in [6, 6.07) is 15.5. The van der Waals surface area contributed by atoms with Gasteiger partial charge in [0, 0.05) is 18.2 Å². The van der Waals surface area contributed by atoms with E-state index in [-0.39, 0.29) is 11.8 Å². The standard InChI is InChI=1S/C21H24N2O2/c1-3-4-8-16-11-12-19-18(13-16)20(22-15(2)24)21(25)23(19)14-17-9-6-5-7-10-17/h5-7,9-13,20H,3-4,8,14H2,1-2H3,(H,22,24)/t20-/m0/s1. The Morgan fingerprint density at radius 3 is 2.56 bits per heavy atom. The largest absolute Gasteiger partial charge is 0.341 e. The van der Waals surface area contributed by atoms with Crippen molar-refractivity contribution in [3.63, 3.8) is 0 Å². The number of nitrogens with zero attached hydrogens (tertiary/aromatic N) is 1. The number of carbonyl (C=O) groups excluding carboxylic acids is 2. The zero-order valence-corrected chi connectivity index (χ0v) is 14.8. The van der Waals surface area contributed by atoms with Crippen molar-refractivity contribution in [1.82, 2.24) is 5.32 Å². The lowest BCUT2D eigenvalue weighted by atomic mass is 10.0. The molecule has 0 saturated carbocycles. The number of hydrogen-bond donors (Lipinski definition) is 1. The number of amides is 2. The Hall–Kier alpha value is -2.62. The van der Waals surface area contributed by atoms with Crippen molar-refractivity contribution in [3.05, 3.63) is 65.2 Å². The summed E-state index contributed by atoms with van der Waals surface area (Å²) in [7, 11) is 0. The number of benzene rings is 2. The highest BCUT2D eigenvalue weighted by Gasteiger charge is 2.37. The van der Waals surface area contributed by atoms with Crippen molar-refractivity contribution >= 4 is 17.5 Å². The van der Waals surface area contributed by atoms with Gasteiger partial charge in [0.2, 0.25) is 5.91 Å². The quantitative estimate of drug-likeness (QED) is 0.873. The molecule has 0 aromatic heterocycles. The van der Waals surface area contributed by atoms with Gasteiger partial charge < -0.3 is 10.2 Å². The van der Waals surface area contributed by atoms with E-state index in [4.69, 9.17) is 0 Å². The second kappa shape index (κ2) is 7.51. The van der Waals surface area contributed by atoms with E-state index in [0.29, 0.717) is 6.54 Å². The molecule has 0 radical (unpaired) electrons. The molecule has 0 bridgehead atoms. The van der Waals surface area contributed by atoms with Gasteiger partial charge in [0.25, 0.3) is 5.91 Å². The predicted molar refractivity (Wildman–Crippen MR) is 99.2 cm³/mol. The first-order chi connectivity index (χ1) is 12.1. The summed E-state index contributed by atoms with van der Waals surface area (Å²) >= 11 is 0. The maximum atomic E-state index is 12.9. The van der Waals surface area contributed by atoms with E-state index in [1.54, 1.807) is 4.90 Å². The number of nitrogens with one attached hydrogen (secondary N) is 1. The molecule has 4 heteroatoms. The van der Waals surface area contributed by atoms with E-state index in [0.717, 1.165) is 36.1 Å². The number of unbranched alkanes of at least 4 members (excludes halogenated alkanes) is 1. The van der Waals surface area contributed by atoms with Gasteiger partial charge in [0.05, 0.1) is 6.54 Å². The van der Waals surface area contributed by atoms with Crippen LogP contribution in [0.1, 0.15) is 49.4 Å². The molecule has 1 N–H and O–H groups in total. The van der Waals surface area contributed by atoms with Crippen molar-refractivity contribution in [2.24, 2.45) is 0 Å².